The monoisotopic (exact) mass is 186 g/mol. The summed E-state index contributed by atoms with van der Waals surface area (Å²) in [5.41, 5.74) is 4.13. The summed E-state index contributed by atoms with van der Waals surface area (Å²) in [7, 11) is 0. The Bertz CT molecular complexity index is 376. The average molecular weight is 186 g/mol. The second-order valence-corrected chi connectivity index (χ2v) is 4.05. The molecule has 0 bridgehead atoms. The Balaban J connectivity index is 1.95. The first-order valence-electron chi connectivity index (χ1n) is 5.28. The lowest BCUT2D eigenvalue weighted by atomic mass is 9.95. The van der Waals surface area contributed by atoms with Gasteiger partial charge < -0.3 is 5.32 Å². The van der Waals surface area contributed by atoms with Gasteiger partial charge in [-0.3, -0.25) is 4.99 Å². The van der Waals surface area contributed by atoms with Crippen LogP contribution in [0.5, 0.6) is 0 Å². The van der Waals surface area contributed by atoms with Gasteiger partial charge in [0.1, 0.15) is 0 Å². The van der Waals surface area contributed by atoms with Crippen LogP contribution in [0.25, 0.3) is 0 Å². The molecule has 1 aromatic carbocycles. The van der Waals surface area contributed by atoms with E-state index in [1.165, 1.54) is 23.3 Å². The molecule has 1 unspecified atom stereocenters. The molecule has 1 fully saturated rings. The Hall–Kier alpha value is -1.15. The van der Waals surface area contributed by atoms with E-state index in [9.17, 15) is 0 Å². The molecule has 2 heteroatoms. The zero-order valence-corrected chi connectivity index (χ0v) is 8.16. The van der Waals surface area contributed by atoms with Gasteiger partial charge in [0, 0.05) is 23.7 Å². The highest BCUT2D eigenvalue weighted by molar-refractivity contribution is 6.05. The van der Waals surface area contributed by atoms with Gasteiger partial charge in [0.2, 0.25) is 0 Å². The van der Waals surface area contributed by atoms with Crippen LogP contribution in [0.4, 0.5) is 0 Å². The standard InChI is InChI=1S/C12H14N2/c1-2-4-11-9(3-1)8-14-12(11)10-5-6-13-7-10/h1-4,10,13H,5-8H2. The van der Waals surface area contributed by atoms with E-state index in [0.29, 0.717) is 5.92 Å². The summed E-state index contributed by atoms with van der Waals surface area (Å²) in [6, 6.07) is 8.61. The Morgan fingerprint density at radius 2 is 2.21 bits per heavy atom. The molecule has 2 heterocycles. The lowest BCUT2D eigenvalue weighted by molar-refractivity contribution is 0.771. The van der Waals surface area contributed by atoms with Crippen LogP contribution < -0.4 is 5.32 Å². The number of aliphatic imine (C=N–C) groups is 1. The van der Waals surface area contributed by atoms with Gasteiger partial charge in [-0.1, -0.05) is 24.3 Å². The van der Waals surface area contributed by atoms with Crippen molar-refractivity contribution in [1.29, 1.82) is 0 Å². The first-order chi connectivity index (χ1) is 6.95. The molecule has 0 saturated carbocycles. The first-order valence-corrected chi connectivity index (χ1v) is 5.28. The predicted octanol–water partition coefficient (Wildman–Crippen LogP) is 1.60. The van der Waals surface area contributed by atoms with Gasteiger partial charge in [-0.2, -0.15) is 0 Å². The summed E-state index contributed by atoms with van der Waals surface area (Å²) in [5.74, 6) is 0.652. The number of nitrogens with one attached hydrogen (secondary N) is 1. The summed E-state index contributed by atoms with van der Waals surface area (Å²) in [6.45, 7) is 3.14. The fourth-order valence-corrected chi connectivity index (χ4v) is 2.40. The number of benzene rings is 1. The van der Waals surface area contributed by atoms with Gasteiger partial charge in [-0.15, -0.1) is 0 Å². The van der Waals surface area contributed by atoms with Crippen LogP contribution in [0.15, 0.2) is 29.3 Å². The minimum absolute atomic E-state index is 0.652. The Kier molecular flexibility index (Phi) is 1.88. The third-order valence-corrected chi connectivity index (χ3v) is 3.16. The second kappa shape index (κ2) is 3.21. The molecule has 14 heavy (non-hydrogen) atoms. The van der Waals surface area contributed by atoms with Crippen LogP contribution in [0.2, 0.25) is 0 Å². The van der Waals surface area contributed by atoms with Gasteiger partial charge in [-0.25, -0.2) is 0 Å². The molecular formula is C12H14N2. The van der Waals surface area contributed by atoms with Crippen molar-refractivity contribution in [3.8, 4) is 0 Å². The van der Waals surface area contributed by atoms with Crippen LogP contribution in [-0.2, 0) is 6.54 Å². The first kappa shape index (κ1) is 8.18. The number of hydrogen-bond acceptors (Lipinski definition) is 2. The minimum Gasteiger partial charge on any atom is -0.316 e. The maximum Gasteiger partial charge on any atom is 0.0649 e. The zero-order valence-electron chi connectivity index (χ0n) is 8.16. The molecule has 3 rings (SSSR count). The predicted molar refractivity (Wildman–Crippen MR) is 57.7 cm³/mol. The minimum atomic E-state index is 0.652. The normalized spacial score (nSPS) is 24.9. The topological polar surface area (TPSA) is 24.4 Å². The lowest BCUT2D eigenvalue weighted by Crippen LogP contribution is -2.17. The number of rotatable bonds is 1. The van der Waals surface area contributed by atoms with Crippen molar-refractivity contribution >= 4 is 5.71 Å². The third kappa shape index (κ3) is 1.18. The molecule has 2 nitrogen and oxygen atoms in total. The molecule has 1 saturated heterocycles. The fraction of sp³-hybridized carbons (Fsp3) is 0.417. The van der Waals surface area contributed by atoms with E-state index < -0.39 is 0 Å². The third-order valence-electron chi connectivity index (χ3n) is 3.16. The summed E-state index contributed by atoms with van der Waals surface area (Å²) in [5, 5.41) is 3.40. The van der Waals surface area contributed by atoms with E-state index in [2.05, 4.69) is 34.6 Å². The Morgan fingerprint density at radius 3 is 3.07 bits per heavy atom. The summed E-state index contributed by atoms with van der Waals surface area (Å²) in [4.78, 5) is 4.66. The highest BCUT2D eigenvalue weighted by Crippen LogP contribution is 2.25. The van der Waals surface area contributed by atoms with E-state index in [4.69, 9.17) is 0 Å². The molecule has 1 atom stereocenters. The zero-order chi connectivity index (χ0) is 9.38. The van der Waals surface area contributed by atoms with Crippen molar-refractivity contribution in [2.45, 2.75) is 13.0 Å². The number of fused-ring (bicyclic) bond motifs is 1. The maximum absolute atomic E-state index is 4.66. The Morgan fingerprint density at radius 1 is 1.29 bits per heavy atom. The Labute approximate surface area is 84.1 Å². The summed E-state index contributed by atoms with van der Waals surface area (Å²) >= 11 is 0. The van der Waals surface area contributed by atoms with Gasteiger partial charge in [-0.05, 0) is 18.5 Å². The van der Waals surface area contributed by atoms with Crippen LogP contribution in [-0.4, -0.2) is 18.8 Å². The molecule has 0 aliphatic carbocycles. The van der Waals surface area contributed by atoms with E-state index in [-0.39, 0.29) is 0 Å². The molecular weight excluding hydrogens is 172 g/mol. The van der Waals surface area contributed by atoms with Gasteiger partial charge in [0.15, 0.2) is 0 Å². The van der Waals surface area contributed by atoms with E-state index in [1.54, 1.807) is 0 Å². The van der Waals surface area contributed by atoms with Crippen molar-refractivity contribution in [2.75, 3.05) is 13.1 Å². The summed E-state index contributed by atoms with van der Waals surface area (Å²) in [6.07, 6.45) is 1.24. The largest absolute Gasteiger partial charge is 0.316 e. The fourth-order valence-electron chi connectivity index (χ4n) is 2.40. The smallest absolute Gasteiger partial charge is 0.0649 e. The SMILES string of the molecule is c1ccc2c(c1)CN=C2C1CCNC1. The highest BCUT2D eigenvalue weighted by Gasteiger charge is 2.25. The molecule has 0 radical (unpaired) electrons. The van der Waals surface area contributed by atoms with Crippen molar-refractivity contribution in [1.82, 2.24) is 5.32 Å². The van der Waals surface area contributed by atoms with Gasteiger partial charge >= 0.3 is 0 Å². The highest BCUT2D eigenvalue weighted by atomic mass is 14.9. The van der Waals surface area contributed by atoms with Gasteiger partial charge in [0.25, 0.3) is 0 Å². The van der Waals surface area contributed by atoms with E-state index >= 15 is 0 Å². The molecule has 72 valence electrons. The number of nitrogens with zero attached hydrogens (tertiary/aromatic N) is 1. The summed E-state index contributed by atoms with van der Waals surface area (Å²) < 4.78 is 0. The van der Waals surface area contributed by atoms with E-state index in [0.717, 1.165) is 19.6 Å². The lowest BCUT2D eigenvalue weighted by Gasteiger charge is -2.09. The molecule has 1 N–H and O–H groups in total. The van der Waals surface area contributed by atoms with Crippen molar-refractivity contribution in [2.24, 2.45) is 10.9 Å². The van der Waals surface area contributed by atoms with Crippen LogP contribution >= 0.6 is 0 Å². The molecule has 0 aromatic heterocycles. The van der Waals surface area contributed by atoms with Crippen molar-refractivity contribution in [3.63, 3.8) is 0 Å². The maximum atomic E-state index is 4.66. The molecule has 0 spiro atoms. The van der Waals surface area contributed by atoms with Crippen LogP contribution in [0, 0.1) is 5.92 Å². The quantitative estimate of drug-likeness (QED) is 0.707. The molecule has 1 aromatic rings. The van der Waals surface area contributed by atoms with Crippen LogP contribution in [0.1, 0.15) is 17.5 Å². The molecule has 2 aliphatic rings. The van der Waals surface area contributed by atoms with Gasteiger partial charge in [0.05, 0.1) is 6.54 Å². The number of hydrogen-bond donors (Lipinski definition) is 1. The van der Waals surface area contributed by atoms with Crippen molar-refractivity contribution in [3.05, 3.63) is 35.4 Å². The van der Waals surface area contributed by atoms with Crippen LogP contribution in [0.3, 0.4) is 0 Å². The molecule has 2 aliphatic heterocycles. The second-order valence-electron chi connectivity index (χ2n) is 4.05. The molecule has 0 amide bonds. The van der Waals surface area contributed by atoms with Crippen molar-refractivity contribution < 1.29 is 0 Å². The average Bonchev–Trinajstić information content (AvgIpc) is 2.85. The van der Waals surface area contributed by atoms with E-state index in [1.807, 2.05) is 0 Å².